The lowest BCUT2D eigenvalue weighted by Gasteiger charge is -2.28. The van der Waals surface area contributed by atoms with Gasteiger partial charge in [-0.1, -0.05) is 42.2 Å². The van der Waals surface area contributed by atoms with E-state index in [1.54, 1.807) is 24.0 Å². The van der Waals surface area contributed by atoms with Crippen molar-refractivity contribution in [2.45, 2.75) is 19.5 Å². The maximum Gasteiger partial charge on any atom is 0.331 e. The lowest BCUT2D eigenvalue weighted by Crippen LogP contribution is -2.47. The van der Waals surface area contributed by atoms with Crippen molar-refractivity contribution in [2.75, 3.05) is 13.1 Å². The topological polar surface area (TPSA) is 60.1 Å². The number of fused-ring (bicyclic) bond motifs is 1. The number of hydrogen-bond acceptors (Lipinski definition) is 4. The van der Waals surface area contributed by atoms with Crippen molar-refractivity contribution in [1.29, 1.82) is 0 Å². The summed E-state index contributed by atoms with van der Waals surface area (Å²) in [5, 5.41) is 0. The summed E-state index contributed by atoms with van der Waals surface area (Å²) >= 11 is 0. The van der Waals surface area contributed by atoms with E-state index in [1.807, 2.05) is 42.5 Å². The molecule has 0 bridgehead atoms. The van der Waals surface area contributed by atoms with Gasteiger partial charge < -0.3 is 4.57 Å². The highest BCUT2D eigenvalue weighted by atomic mass is 16.2. The second-order valence-corrected chi connectivity index (χ2v) is 7.14. The molecule has 0 atom stereocenters. The van der Waals surface area contributed by atoms with Gasteiger partial charge in [0.15, 0.2) is 0 Å². The lowest BCUT2D eigenvalue weighted by atomic mass is 10.1. The minimum atomic E-state index is -0.261. The fourth-order valence-corrected chi connectivity index (χ4v) is 3.65. The minimum Gasteiger partial charge on any atom is -0.300 e. The van der Waals surface area contributed by atoms with E-state index in [-0.39, 0.29) is 17.8 Å². The molecule has 0 spiro atoms. The smallest absolute Gasteiger partial charge is 0.300 e. The van der Waals surface area contributed by atoms with Crippen molar-refractivity contribution < 1.29 is 0 Å². The van der Waals surface area contributed by atoms with Crippen LogP contribution < -0.4 is 11.2 Å². The Balaban J connectivity index is 1.59. The predicted octanol–water partition coefficient (Wildman–Crippen LogP) is 1.40. The molecular formula is C23H22N4O2. The van der Waals surface area contributed by atoms with Gasteiger partial charge in [-0.05, 0) is 17.7 Å². The minimum absolute atomic E-state index is 0.196. The van der Waals surface area contributed by atoms with Crippen molar-refractivity contribution in [2.24, 2.45) is 7.05 Å². The molecule has 0 N–H and O–H groups in total. The third-order valence-corrected chi connectivity index (χ3v) is 5.22. The van der Waals surface area contributed by atoms with Crippen LogP contribution in [-0.2, 0) is 26.6 Å². The standard InChI is InChI=1S/C23H22N4O2/c1-25-21-11-15-26(14-5-8-18-9-12-24-13-10-18)17-20(21)22(28)27(23(25)29)16-19-6-3-2-4-7-19/h2-4,6-7,9-10,12-13H,11,14-17H2,1H3. The molecule has 6 nitrogen and oxygen atoms in total. The van der Waals surface area contributed by atoms with Gasteiger partial charge in [-0.2, -0.15) is 0 Å². The van der Waals surface area contributed by atoms with Gasteiger partial charge >= 0.3 is 5.69 Å². The van der Waals surface area contributed by atoms with E-state index in [1.165, 1.54) is 4.57 Å². The first-order valence-electron chi connectivity index (χ1n) is 9.60. The molecule has 0 unspecified atom stereocenters. The first kappa shape index (κ1) is 18.9. The van der Waals surface area contributed by atoms with Gasteiger partial charge in [-0.3, -0.25) is 19.2 Å². The van der Waals surface area contributed by atoms with Crippen LogP contribution in [0.2, 0.25) is 0 Å². The van der Waals surface area contributed by atoms with Crippen LogP contribution in [0.4, 0.5) is 0 Å². The summed E-state index contributed by atoms with van der Waals surface area (Å²) in [5.74, 6) is 6.30. The van der Waals surface area contributed by atoms with Gasteiger partial charge in [0.05, 0.1) is 18.7 Å². The molecule has 0 radical (unpaired) electrons. The Hall–Kier alpha value is -3.43. The van der Waals surface area contributed by atoms with E-state index < -0.39 is 0 Å². The van der Waals surface area contributed by atoms with E-state index in [0.29, 0.717) is 25.1 Å². The Morgan fingerprint density at radius 1 is 1.07 bits per heavy atom. The van der Waals surface area contributed by atoms with E-state index in [0.717, 1.165) is 23.4 Å². The van der Waals surface area contributed by atoms with E-state index in [2.05, 4.69) is 21.7 Å². The quantitative estimate of drug-likeness (QED) is 0.639. The largest absolute Gasteiger partial charge is 0.331 e. The van der Waals surface area contributed by atoms with Gasteiger partial charge in [0, 0.05) is 50.2 Å². The number of pyridine rings is 1. The molecule has 0 saturated carbocycles. The second kappa shape index (κ2) is 8.29. The molecule has 0 fully saturated rings. The lowest BCUT2D eigenvalue weighted by molar-refractivity contribution is 0.275. The Bertz CT molecular complexity index is 1190. The van der Waals surface area contributed by atoms with Gasteiger partial charge in [0.2, 0.25) is 0 Å². The molecule has 6 heteroatoms. The van der Waals surface area contributed by atoms with E-state index in [4.69, 9.17) is 0 Å². The zero-order chi connectivity index (χ0) is 20.2. The maximum absolute atomic E-state index is 13.1. The first-order chi connectivity index (χ1) is 14.1. The van der Waals surface area contributed by atoms with E-state index in [9.17, 15) is 9.59 Å². The fourth-order valence-electron chi connectivity index (χ4n) is 3.65. The van der Waals surface area contributed by atoms with Gasteiger partial charge in [-0.25, -0.2) is 4.79 Å². The van der Waals surface area contributed by atoms with Gasteiger partial charge in [0.25, 0.3) is 5.56 Å². The average Bonchev–Trinajstić information content (AvgIpc) is 2.76. The van der Waals surface area contributed by atoms with E-state index >= 15 is 0 Å². The number of aromatic nitrogens is 3. The highest BCUT2D eigenvalue weighted by Crippen LogP contribution is 2.14. The highest BCUT2D eigenvalue weighted by molar-refractivity contribution is 5.32. The molecule has 146 valence electrons. The SMILES string of the molecule is Cn1c2c(c(=O)n(Cc3ccccc3)c1=O)CN(CC#Cc1ccncc1)CC2. The summed E-state index contributed by atoms with van der Waals surface area (Å²) in [7, 11) is 1.75. The molecule has 4 rings (SSSR count). The summed E-state index contributed by atoms with van der Waals surface area (Å²) < 4.78 is 2.96. The summed E-state index contributed by atoms with van der Waals surface area (Å²) in [4.78, 5) is 32.0. The number of rotatable bonds is 3. The van der Waals surface area contributed by atoms with Crippen LogP contribution >= 0.6 is 0 Å². The predicted molar refractivity (Wildman–Crippen MR) is 112 cm³/mol. The Morgan fingerprint density at radius 3 is 2.59 bits per heavy atom. The summed E-state index contributed by atoms with van der Waals surface area (Å²) in [6.07, 6.45) is 4.10. The third-order valence-electron chi connectivity index (χ3n) is 5.22. The number of hydrogen-bond donors (Lipinski definition) is 0. The third kappa shape index (κ3) is 4.05. The molecule has 3 aromatic rings. The Morgan fingerprint density at radius 2 is 1.83 bits per heavy atom. The summed E-state index contributed by atoms with van der Waals surface area (Å²) in [5.41, 5.74) is 2.93. The Labute approximate surface area is 169 Å². The van der Waals surface area contributed by atoms with Crippen LogP contribution in [0.25, 0.3) is 0 Å². The molecular weight excluding hydrogens is 364 g/mol. The molecule has 29 heavy (non-hydrogen) atoms. The van der Waals surface area contributed by atoms with Crippen LogP contribution in [0.3, 0.4) is 0 Å². The molecule has 2 aromatic heterocycles. The van der Waals surface area contributed by atoms with Crippen LogP contribution in [0.15, 0.2) is 64.4 Å². The zero-order valence-corrected chi connectivity index (χ0v) is 16.3. The van der Waals surface area contributed by atoms with Gasteiger partial charge in [0.1, 0.15) is 0 Å². The van der Waals surface area contributed by atoms with Crippen LogP contribution in [0, 0.1) is 11.8 Å². The first-order valence-corrected chi connectivity index (χ1v) is 9.60. The molecule has 1 aromatic carbocycles. The molecule has 0 aliphatic carbocycles. The van der Waals surface area contributed by atoms with Crippen molar-refractivity contribution in [3.8, 4) is 11.8 Å². The molecule has 3 heterocycles. The molecule has 1 aliphatic heterocycles. The van der Waals surface area contributed by atoms with Crippen LogP contribution in [0.5, 0.6) is 0 Å². The van der Waals surface area contributed by atoms with Gasteiger partial charge in [-0.15, -0.1) is 0 Å². The van der Waals surface area contributed by atoms with Crippen LogP contribution in [0.1, 0.15) is 22.4 Å². The second-order valence-electron chi connectivity index (χ2n) is 7.14. The highest BCUT2D eigenvalue weighted by Gasteiger charge is 2.23. The average molecular weight is 386 g/mol. The molecule has 0 saturated heterocycles. The zero-order valence-electron chi connectivity index (χ0n) is 16.3. The normalized spacial score (nSPS) is 13.4. The summed E-state index contributed by atoms with van der Waals surface area (Å²) in [6.45, 7) is 2.12. The number of nitrogens with zero attached hydrogens (tertiary/aromatic N) is 4. The van der Waals surface area contributed by atoms with Crippen molar-refractivity contribution in [3.63, 3.8) is 0 Å². The summed E-state index contributed by atoms with van der Waals surface area (Å²) in [6, 6.07) is 13.3. The van der Waals surface area contributed by atoms with Crippen LogP contribution in [-0.4, -0.2) is 32.1 Å². The molecule has 0 amide bonds. The van der Waals surface area contributed by atoms with Crippen molar-refractivity contribution >= 4 is 0 Å². The van der Waals surface area contributed by atoms with Crippen molar-refractivity contribution in [1.82, 2.24) is 19.0 Å². The van der Waals surface area contributed by atoms with Crippen molar-refractivity contribution in [3.05, 3.63) is 98.1 Å². The molecule has 1 aliphatic rings. The Kier molecular flexibility index (Phi) is 5.41. The monoisotopic (exact) mass is 386 g/mol. The fraction of sp³-hybridized carbons (Fsp3) is 0.261. The maximum atomic E-state index is 13.1. The number of benzene rings is 1.